The van der Waals surface area contributed by atoms with E-state index >= 15 is 0 Å². The van der Waals surface area contributed by atoms with Crippen LogP contribution in [-0.4, -0.2) is 44.9 Å². The molecule has 5 atom stereocenters. The zero-order chi connectivity index (χ0) is 11.4. The van der Waals surface area contributed by atoms with Gasteiger partial charge in [-0.2, -0.15) is 0 Å². The molecular formula is C8H14FN3O3. The fraction of sp³-hybridized carbons (Fsp3) is 1.00. The summed E-state index contributed by atoms with van der Waals surface area (Å²) < 4.78 is 29.0. The molecule has 1 fully saturated rings. The molecule has 0 unspecified atom stereocenters. The molecule has 0 amide bonds. The third kappa shape index (κ3) is 2.38. The van der Waals surface area contributed by atoms with Crippen molar-refractivity contribution in [2.75, 3.05) is 14.2 Å². The average Bonchev–Trinajstić information content (AvgIpc) is 2.23. The molecule has 0 aromatic carbocycles. The highest BCUT2D eigenvalue weighted by Crippen LogP contribution is 2.27. The van der Waals surface area contributed by atoms with Gasteiger partial charge in [0.15, 0.2) is 6.29 Å². The van der Waals surface area contributed by atoms with E-state index in [9.17, 15) is 4.39 Å². The third-order valence-corrected chi connectivity index (χ3v) is 2.43. The average molecular weight is 219 g/mol. The van der Waals surface area contributed by atoms with Crippen molar-refractivity contribution in [3.8, 4) is 0 Å². The molecule has 0 aromatic rings. The molecule has 15 heavy (non-hydrogen) atoms. The number of hydrogen-bond acceptors (Lipinski definition) is 4. The summed E-state index contributed by atoms with van der Waals surface area (Å²) in [6, 6.07) is -0.883. The second-order valence-electron chi connectivity index (χ2n) is 3.29. The lowest BCUT2D eigenvalue weighted by atomic mass is 9.99. The maximum Gasteiger partial charge on any atom is 0.186 e. The Morgan fingerprint density at radius 2 is 2.07 bits per heavy atom. The minimum Gasteiger partial charge on any atom is -0.373 e. The van der Waals surface area contributed by atoms with Crippen LogP contribution in [0.25, 0.3) is 10.4 Å². The Morgan fingerprint density at radius 1 is 1.40 bits per heavy atom. The summed E-state index contributed by atoms with van der Waals surface area (Å²) in [5, 5.41) is 3.36. The van der Waals surface area contributed by atoms with Gasteiger partial charge in [0.05, 0.1) is 12.1 Å². The van der Waals surface area contributed by atoms with E-state index < -0.39 is 30.7 Å². The fourth-order valence-corrected chi connectivity index (χ4v) is 1.62. The van der Waals surface area contributed by atoms with Crippen LogP contribution >= 0.6 is 0 Å². The molecule has 0 N–H and O–H groups in total. The van der Waals surface area contributed by atoms with Crippen LogP contribution in [0.1, 0.15) is 6.92 Å². The Hall–Kier alpha value is -0.880. The first-order valence-corrected chi connectivity index (χ1v) is 4.55. The van der Waals surface area contributed by atoms with Crippen molar-refractivity contribution in [3.05, 3.63) is 10.4 Å². The predicted molar refractivity (Wildman–Crippen MR) is 50.0 cm³/mol. The van der Waals surface area contributed by atoms with Crippen molar-refractivity contribution in [3.63, 3.8) is 0 Å². The van der Waals surface area contributed by atoms with Gasteiger partial charge in [-0.15, -0.1) is 0 Å². The standard InChI is InChI=1S/C8H14FN3O3/c1-4-6(11-12-10)5(9)7(13-2)8(14-3)15-4/h4-8H,1-3H3/t4-,5-,6-,7-,8+/m1/s1. The lowest BCUT2D eigenvalue weighted by molar-refractivity contribution is -0.255. The Labute approximate surface area is 86.9 Å². The van der Waals surface area contributed by atoms with E-state index in [1.54, 1.807) is 6.92 Å². The monoisotopic (exact) mass is 219 g/mol. The second-order valence-corrected chi connectivity index (χ2v) is 3.29. The number of azide groups is 1. The SMILES string of the molecule is CO[C@H]1O[C@H](C)[C@@H](N=[N+]=[N-])[C@@H](F)[C@H]1OC. The van der Waals surface area contributed by atoms with Crippen LogP contribution in [0.5, 0.6) is 0 Å². The molecule has 7 heteroatoms. The summed E-state index contributed by atoms with van der Waals surface area (Å²) in [4.78, 5) is 2.59. The summed E-state index contributed by atoms with van der Waals surface area (Å²) in [7, 11) is 2.76. The van der Waals surface area contributed by atoms with Crippen LogP contribution < -0.4 is 0 Å². The summed E-state index contributed by atoms with van der Waals surface area (Å²) in [6.45, 7) is 1.63. The van der Waals surface area contributed by atoms with E-state index in [1.165, 1.54) is 14.2 Å². The first kappa shape index (κ1) is 12.2. The van der Waals surface area contributed by atoms with Crippen LogP contribution in [0.3, 0.4) is 0 Å². The van der Waals surface area contributed by atoms with Gasteiger partial charge in [0.2, 0.25) is 0 Å². The van der Waals surface area contributed by atoms with Crippen molar-refractivity contribution in [1.29, 1.82) is 0 Å². The molecule has 6 nitrogen and oxygen atoms in total. The summed E-state index contributed by atoms with van der Waals surface area (Å²) in [5.41, 5.74) is 8.30. The minimum absolute atomic E-state index is 0.535. The summed E-state index contributed by atoms with van der Waals surface area (Å²) >= 11 is 0. The lowest BCUT2D eigenvalue weighted by Gasteiger charge is -2.39. The number of rotatable bonds is 3. The molecule has 0 radical (unpaired) electrons. The predicted octanol–water partition coefficient (Wildman–Crippen LogP) is 1.41. The molecule has 1 saturated heterocycles. The molecule has 0 aliphatic carbocycles. The van der Waals surface area contributed by atoms with Crippen LogP contribution in [-0.2, 0) is 14.2 Å². The zero-order valence-corrected chi connectivity index (χ0v) is 8.83. The Bertz CT molecular complexity index is 260. The third-order valence-electron chi connectivity index (χ3n) is 2.43. The maximum atomic E-state index is 13.8. The zero-order valence-electron chi connectivity index (χ0n) is 8.83. The number of halogens is 1. The summed E-state index contributed by atoms with van der Waals surface area (Å²) in [6.07, 6.45) is -3.61. The first-order chi connectivity index (χ1) is 7.15. The largest absolute Gasteiger partial charge is 0.373 e. The normalized spacial score (nSPS) is 40.9. The van der Waals surface area contributed by atoms with Crippen molar-refractivity contribution < 1.29 is 18.6 Å². The first-order valence-electron chi connectivity index (χ1n) is 4.55. The van der Waals surface area contributed by atoms with E-state index in [4.69, 9.17) is 19.7 Å². The number of hydrogen-bond donors (Lipinski definition) is 0. The fourth-order valence-electron chi connectivity index (χ4n) is 1.62. The highest BCUT2D eigenvalue weighted by atomic mass is 19.1. The van der Waals surface area contributed by atoms with Crippen molar-refractivity contribution >= 4 is 0 Å². The van der Waals surface area contributed by atoms with Gasteiger partial charge >= 0.3 is 0 Å². The minimum atomic E-state index is -1.43. The Balaban J connectivity index is 2.83. The highest BCUT2D eigenvalue weighted by Gasteiger charge is 2.44. The molecule has 0 spiro atoms. The van der Waals surface area contributed by atoms with Gasteiger partial charge in [0.25, 0.3) is 0 Å². The van der Waals surface area contributed by atoms with Gasteiger partial charge in [-0.05, 0) is 12.5 Å². The summed E-state index contributed by atoms with van der Waals surface area (Å²) in [5.74, 6) is 0. The van der Waals surface area contributed by atoms with Crippen LogP contribution in [0.4, 0.5) is 4.39 Å². The van der Waals surface area contributed by atoms with Crippen molar-refractivity contribution in [2.45, 2.75) is 37.6 Å². The van der Waals surface area contributed by atoms with E-state index in [0.717, 1.165) is 0 Å². The number of alkyl halides is 1. The molecule has 1 heterocycles. The molecule has 1 aliphatic rings. The van der Waals surface area contributed by atoms with Gasteiger partial charge in [0, 0.05) is 19.1 Å². The molecule has 1 aliphatic heterocycles. The van der Waals surface area contributed by atoms with Crippen LogP contribution in [0.15, 0.2) is 5.11 Å². The highest BCUT2D eigenvalue weighted by molar-refractivity contribution is 4.93. The van der Waals surface area contributed by atoms with Gasteiger partial charge < -0.3 is 14.2 Å². The van der Waals surface area contributed by atoms with E-state index in [-0.39, 0.29) is 0 Å². The topological polar surface area (TPSA) is 76.5 Å². The smallest absolute Gasteiger partial charge is 0.186 e. The van der Waals surface area contributed by atoms with Gasteiger partial charge in [-0.3, -0.25) is 0 Å². The van der Waals surface area contributed by atoms with Gasteiger partial charge in [-0.25, -0.2) is 4.39 Å². The molecule has 0 saturated carbocycles. The van der Waals surface area contributed by atoms with Crippen LogP contribution in [0, 0.1) is 0 Å². The molecule has 86 valence electrons. The molecule has 1 rings (SSSR count). The molecule has 0 bridgehead atoms. The van der Waals surface area contributed by atoms with E-state index in [1.807, 2.05) is 0 Å². The number of nitrogens with zero attached hydrogens (tertiary/aromatic N) is 3. The van der Waals surface area contributed by atoms with E-state index in [2.05, 4.69) is 10.0 Å². The number of methoxy groups -OCH3 is 2. The number of ether oxygens (including phenoxy) is 3. The second kappa shape index (κ2) is 5.27. The quantitative estimate of drug-likeness (QED) is 0.409. The maximum absolute atomic E-state index is 13.8. The lowest BCUT2D eigenvalue weighted by Crippen LogP contribution is -2.55. The Morgan fingerprint density at radius 3 is 2.53 bits per heavy atom. The molecular weight excluding hydrogens is 205 g/mol. The van der Waals surface area contributed by atoms with Crippen LogP contribution in [0.2, 0.25) is 0 Å². The van der Waals surface area contributed by atoms with Crippen molar-refractivity contribution in [1.82, 2.24) is 0 Å². The van der Waals surface area contributed by atoms with Gasteiger partial charge in [-0.1, -0.05) is 5.11 Å². The van der Waals surface area contributed by atoms with Gasteiger partial charge in [0.1, 0.15) is 12.3 Å². The Kier molecular flexibility index (Phi) is 4.28. The molecule has 0 aromatic heterocycles. The van der Waals surface area contributed by atoms with Crippen molar-refractivity contribution in [2.24, 2.45) is 5.11 Å². The van der Waals surface area contributed by atoms with E-state index in [0.29, 0.717) is 0 Å².